The topological polar surface area (TPSA) is 87.1 Å². The lowest BCUT2D eigenvalue weighted by Crippen LogP contribution is -2.33. The fraction of sp³-hybridized carbons (Fsp3) is 0.269. The molecule has 1 amide bonds. The maximum atomic E-state index is 12.8. The summed E-state index contributed by atoms with van der Waals surface area (Å²) >= 11 is 0. The number of hydrogen-bond acceptors (Lipinski definition) is 5. The first-order chi connectivity index (χ1) is 15.6. The van der Waals surface area contributed by atoms with Crippen LogP contribution in [0.4, 0.5) is 5.82 Å². The van der Waals surface area contributed by atoms with Gasteiger partial charge in [-0.2, -0.15) is 0 Å². The molecule has 166 valence electrons. The highest BCUT2D eigenvalue weighted by atomic mass is 16.5. The molecule has 2 aromatic rings. The smallest absolute Gasteiger partial charge is 0.227 e. The normalized spacial score (nSPS) is 15.7. The first kappa shape index (κ1) is 23.0. The summed E-state index contributed by atoms with van der Waals surface area (Å²) in [5.74, 6) is 1.37. The molecule has 1 unspecified atom stereocenters. The maximum Gasteiger partial charge on any atom is 0.227 e. The molecule has 1 aliphatic carbocycles. The molecular formula is C26H30N4O2. The minimum atomic E-state index is -0.130. The number of carbonyl (C=O) groups excluding carboxylic acids is 1. The van der Waals surface area contributed by atoms with Crippen LogP contribution >= 0.6 is 0 Å². The molecule has 0 fully saturated rings. The van der Waals surface area contributed by atoms with E-state index in [1.54, 1.807) is 13.2 Å². The molecule has 1 aromatic heterocycles. The molecule has 1 atom stereocenters. The van der Waals surface area contributed by atoms with Crippen molar-refractivity contribution in [1.29, 1.82) is 5.41 Å². The van der Waals surface area contributed by atoms with Crippen molar-refractivity contribution in [2.24, 2.45) is 5.92 Å². The Hall–Kier alpha value is -3.67. The van der Waals surface area contributed by atoms with Gasteiger partial charge in [-0.05, 0) is 67.2 Å². The van der Waals surface area contributed by atoms with Crippen LogP contribution in [0.1, 0.15) is 35.6 Å². The minimum absolute atomic E-state index is 0.00980. The highest BCUT2D eigenvalue weighted by molar-refractivity contribution is 5.88. The molecule has 3 N–H and O–H groups in total. The van der Waals surface area contributed by atoms with E-state index >= 15 is 0 Å². The predicted molar refractivity (Wildman–Crippen MR) is 129 cm³/mol. The number of ether oxygens (including phenoxy) is 1. The van der Waals surface area contributed by atoms with Crippen molar-refractivity contribution in [3.05, 3.63) is 89.3 Å². The molecule has 0 radical (unpaired) electrons. The van der Waals surface area contributed by atoms with Gasteiger partial charge < -0.3 is 20.8 Å². The van der Waals surface area contributed by atoms with Gasteiger partial charge in [0.2, 0.25) is 5.91 Å². The zero-order valence-electron chi connectivity index (χ0n) is 18.7. The third kappa shape index (κ3) is 5.52. The van der Waals surface area contributed by atoms with Crippen molar-refractivity contribution in [3.63, 3.8) is 0 Å². The van der Waals surface area contributed by atoms with Gasteiger partial charge in [-0.3, -0.25) is 4.79 Å². The van der Waals surface area contributed by atoms with Gasteiger partial charge in [0.05, 0.1) is 7.11 Å². The molecule has 3 rings (SSSR count). The van der Waals surface area contributed by atoms with Gasteiger partial charge in [-0.15, -0.1) is 0 Å². The Kier molecular flexibility index (Phi) is 7.97. The third-order valence-electron chi connectivity index (χ3n) is 5.62. The van der Waals surface area contributed by atoms with E-state index in [1.165, 1.54) is 6.21 Å². The Morgan fingerprint density at radius 2 is 2.12 bits per heavy atom. The van der Waals surface area contributed by atoms with Crippen molar-refractivity contribution < 1.29 is 9.53 Å². The van der Waals surface area contributed by atoms with E-state index < -0.39 is 0 Å². The number of pyridine rings is 1. The molecule has 6 heteroatoms. The van der Waals surface area contributed by atoms with Gasteiger partial charge in [0.25, 0.3) is 0 Å². The van der Waals surface area contributed by atoms with Crippen LogP contribution in [0.5, 0.6) is 5.75 Å². The van der Waals surface area contributed by atoms with Crippen molar-refractivity contribution in [2.75, 3.05) is 12.4 Å². The summed E-state index contributed by atoms with van der Waals surface area (Å²) in [7, 11) is 1.65. The van der Waals surface area contributed by atoms with E-state index in [0.29, 0.717) is 24.5 Å². The van der Waals surface area contributed by atoms with Gasteiger partial charge in [-0.25, -0.2) is 4.98 Å². The number of nitrogens with zero attached hydrogens (tertiary/aromatic N) is 1. The number of hydrogen-bond donors (Lipinski definition) is 3. The van der Waals surface area contributed by atoms with E-state index in [0.717, 1.165) is 40.8 Å². The number of amides is 1. The van der Waals surface area contributed by atoms with Gasteiger partial charge >= 0.3 is 0 Å². The molecule has 1 heterocycles. The summed E-state index contributed by atoms with van der Waals surface area (Å²) in [5.41, 5.74) is 4.72. The van der Waals surface area contributed by atoms with Gasteiger partial charge in [0.15, 0.2) is 0 Å². The Morgan fingerprint density at radius 1 is 1.34 bits per heavy atom. The number of methoxy groups -OCH3 is 1. The van der Waals surface area contributed by atoms with Crippen molar-refractivity contribution in [1.82, 2.24) is 10.3 Å². The van der Waals surface area contributed by atoms with Crippen LogP contribution in [-0.2, 0) is 24.2 Å². The molecular weight excluding hydrogens is 400 g/mol. The summed E-state index contributed by atoms with van der Waals surface area (Å²) in [5, 5.41) is 14.3. The molecule has 6 nitrogen and oxygen atoms in total. The second-order valence-corrected chi connectivity index (χ2v) is 7.65. The Labute approximate surface area is 189 Å². The molecule has 0 aliphatic heterocycles. The van der Waals surface area contributed by atoms with Crippen LogP contribution in [0.25, 0.3) is 0 Å². The lowest BCUT2D eigenvalue weighted by Gasteiger charge is -2.26. The van der Waals surface area contributed by atoms with Crippen molar-refractivity contribution >= 4 is 17.9 Å². The number of rotatable bonds is 9. The quantitative estimate of drug-likeness (QED) is 0.402. The molecule has 1 aliphatic rings. The second-order valence-electron chi connectivity index (χ2n) is 7.65. The summed E-state index contributed by atoms with van der Waals surface area (Å²) in [6, 6.07) is 7.84. The number of carbonyl (C=O) groups is 1. The zero-order chi connectivity index (χ0) is 22.9. The molecule has 32 heavy (non-hydrogen) atoms. The molecule has 0 saturated carbocycles. The standard InChI is InChI=1S/C26H30N4O2/c1-4-6-7-21(5-2)30-26(31)19-10-13-23-20(14-19)17-29-25(24(23)15-27)28-16-18-8-11-22(32-3)12-9-18/h4-9,11-12,15,17,19,27H,2,10,13-14,16H2,1,3H3,(H,28,29)(H,30,31)/b6-4-,21-7+,27-15?. The van der Waals surface area contributed by atoms with Crippen LogP contribution < -0.4 is 15.4 Å². The molecule has 1 aromatic carbocycles. The summed E-state index contributed by atoms with van der Waals surface area (Å²) in [6.07, 6.45) is 12.5. The minimum Gasteiger partial charge on any atom is -0.497 e. The van der Waals surface area contributed by atoms with Crippen molar-refractivity contribution in [2.45, 2.75) is 32.7 Å². The average molecular weight is 431 g/mol. The van der Waals surface area contributed by atoms with Crippen LogP contribution in [0.15, 0.2) is 67.0 Å². The van der Waals surface area contributed by atoms with Crippen LogP contribution in [0.3, 0.4) is 0 Å². The van der Waals surface area contributed by atoms with Gasteiger partial charge in [-0.1, -0.05) is 30.9 Å². The van der Waals surface area contributed by atoms with Crippen molar-refractivity contribution in [3.8, 4) is 5.75 Å². The van der Waals surface area contributed by atoms with E-state index in [-0.39, 0.29) is 11.8 Å². The third-order valence-corrected chi connectivity index (χ3v) is 5.62. The number of fused-ring (bicyclic) bond motifs is 1. The Bertz CT molecular complexity index is 1040. The van der Waals surface area contributed by atoms with Gasteiger partial charge in [0.1, 0.15) is 11.6 Å². The Morgan fingerprint density at radius 3 is 2.78 bits per heavy atom. The van der Waals surface area contributed by atoms with E-state index in [9.17, 15) is 4.79 Å². The largest absolute Gasteiger partial charge is 0.497 e. The summed E-state index contributed by atoms with van der Waals surface area (Å²) < 4.78 is 5.20. The summed E-state index contributed by atoms with van der Waals surface area (Å²) in [4.78, 5) is 17.3. The summed E-state index contributed by atoms with van der Waals surface area (Å²) in [6.45, 7) is 6.29. The Balaban J connectivity index is 1.70. The number of allylic oxidation sites excluding steroid dienone is 4. The number of anilines is 1. The van der Waals surface area contributed by atoms with E-state index in [2.05, 4.69) is 22.2 Å². The monoisotopic (exact) mass is 430 g/mol. The maximum absolute atomic E-state index is 12.8. The highest BCUT2D eigenvalue weighted by Gasteiger charge is 2.27. The van der Waals surface area contributed by atoms with Crippen LogP contribution in [0, 0.1) is 11.3 Å². The van der Waals surface area contributed by atoms with E-state index in [1.807, 2.05) is 55.6 Å². The number of benzene rings is 1. The SMILES string of the molecule is C=C/C(=C\C=C/C)NC(=O)C1CCc2c(cnc(NCc3ccc(OC)cc3)c2C=N)C1. The predicted octanol–water partition coefficient (Wildman–Crippen LogP) is 4.57. The zero-order valence-corrected chi connectivity index (χ0v) is 18.7. The lowest BCUT2D eigenvalue weighted by molar-refractivity contribution is -0.124. The van der Waals surface area contributed by atoms with Crippen LogP contribution in [-0.4, -0.2) is 24.2 Å². The first-order valence-electron chi connectivity index (χ1n) is 10.7. The molecule has 0 saturated heterocycles. The van der Waals surface area contributed by atoms with E-state index in [4.69, 9.17) is 10.1 Å². The fourth-order valence-corrected chi connectivity index (χ4v) is 3.82. The highest BCUT2D eigenvalue weighted by Crippen LogP contribution is 2.30. The average Bonchev–Trinajstić information content (AvgIpc) is 2.84. The molecule has 0 spiro atoms. The first-order valence-corrected chi connectivity index (χ1v) is 10.7. The van der Waals surface area contributed by atoms with Crippen LogP contribution in [0.2, 0.25) is 0 Å². The lowest BCUT2D eigenvalue weighted by atomic mass is 9.82. The number of aromatic nitrogens is 1. The second kappa shape index (κ2) is 11.1. The van der Waals surface area contributed by atoms with Gasteiger partial charge in [0, 0.05) is 36.1 Å². The molecule has 0 bridgehead atoms. The number of nitrogens with one attached hydrogen (secondary N) is 3. The fourth-order valence-electron chi connectivity index (χ4n) is 3.82.